The summed E-state index contributed by atoms with van der Waals surface area (Å²) < 4.78 is 19.5. The second kappa shape index (κ2) is 13.9. The minimum Gasteiger partial charge on any atom is -0.497 e. The van der Waals surface area contributed by atoms with Crippen molar-refractivity contribution in [3.05, 3.63) is 100 Å². The largest absolute Gasteiger partial charge is 0.497 e. The van der Waals surface area contributed by atoms with Gasteiger partial charge in [0.15, 0.2) is 0 Å². The lowest BCUT2D eigenvalue weighted by atomic mass is 10.0. The maximum absolute atomic E-state index is 14.2. The lowest BCUT2D eigenvalue weighted by Crippen LogP contribution is -2.51. The summed E-state index contributed by atoms with van der Waals surface area (Å²) in [4.78, 5) is 28.4. The molecule has 190 valence electrons. The van der Waals surface area contributed by atoms with E-state index in [0.29, 0.717) is 29.3 Å². The summed E-state index contributed by atoms with van der Waals surface area (Å²) in [7, 11) is 1.58. The lowest BCUT2D eigenvalue weighted by Gasteiger charge is -2.31. The number of methoxy groups -OCH3 is 1. The number of nitrogens with zero attached hydrogens (tertiary/aromatic N) is 1. The molecule has 1 atom stereocenters. The van der Waals surface area contributed by atoms with Gasteiger partial charge in [0.1, 0.15) is 17.6 Å². The fourth-order valence-corrected chi connectivity index (χ4v) is 5.06. The number of hydrogen-bond acceptors (Lipinski definition) is 4. The first-order chi connectivity index (χ1) is 17.4. The van der Waals surface area contributed by atoms with E-state index in [4.69, 9.17) is 16.3 Å². The Balaban J connectivity index is 1.86. The van der Waals surface area contributed by atoms with Crippen molar-refractivity contribution in [3.63, 3.8) is 0 Å². The summed E-state index contributed by atoms with van der Waals surface area (Å²) >= 11 is 7.41. The Labute approximate surface area is 221 Å². The Bertz CT molecular complexity index is 1140. The van der Waals surface area contributed by atoms with Gasteiger partial charge in [0.05, 0.1) is 12.9 Å². The highest BCUT2D eigenvalue weighted by Gasteiger charge is 2.30. The smallest absolute Gasteiger partial charge is 0.243 e. The van der Waals surface area contributed by atoms with E-state index in [-0.39, 0.29) is 29.9 Å². The number of nitrogens with one attached hydrogen (secondary N) is 1. The average molecular weight is 529 g/mol. The van der Waals surface area contributed by atoms with Crippen LogP contribution in [-0.2, 0) is 28.3 Å². The van der Waals surface area contributed by atoms with Crippen LogP contribution >= 0.6 is 23.4 Å². The SMILES string of the molecule is CCNC(=O)[C@H](Cc1ccccc1)N(Cc1cccc(OC)c1)C(=O)CSCc1c(F)cccc1Cl. The Morgan fingerprint density at radius 3 is 2.47 bits per heavy atom. The van der Waals surface area contributed by atoms with Crippen LogP contribution < -0.4 is 10.1 Å². The number of hydrogen-bond donors (Lipinski definition) is 1. The van der Waals surface area contributed by atoms with Crippen LogP contribution in [0.1, 0.15) is 23.6 Å². The molecule has 2 amide bonds. The van der Waals surface area contributed by atoms with E-state index >= 15 is 0 Å². The molecule has 0 bridgehead atoms. The third kappa shape index (κ3) is 7.73. The molecule has 0 radical (unpaired) electrons. The van der Waals surface area contributed by atoms with Gasteiger partial charge >= 0.3 is 0 Å². The molecule has 0 heterocycles. The average Bonchev–Trinajstić information content (AvgIpc) is 2.88. The van der Waals surface area contributed by atoms with Crippen LogP contribution in [0.2, 0.25) is 5.02 Å². The number of rotatable bonds is 12. The molecule has 0 aliphatic heterocycles. The van der Waals surface area contributed by atoms with Crippen LogP contribution in [-0.4, -0.2) is 42.2 Å². The number of carbonyl (C=O) groups is 2. The van der Waals surface area contributed by atoms with Crippen molar-refractivity contribution in [3.8, 4) is 5.75 Å². The van der Waals surface area contributed by atoms with Gasteiger partial charge in [-0.25, -0.2) is 4.39 Å². The molecule has 1 N–H and O–H groups in total. The van der Waals surface area contributed by atoms with Crippen molar-refractivity contribution in [2.24, 2.45) is 0 Å². The summed E-state index contributed by atoms with van der Waals surface area (Å²) in [5.74, 6) is 0.136. The molecule has 0 saturated carbocycles. The second-order valence-electron chi connectivity index (χ2n) is 8.17. The van der Waals surface area contributed by atoms with Crippen molar-refractivity contribution in [2.75, 3.05) is 19.4 Å². The van der Waals surface area contributed by atoms with Gasteiger partial charge in [0, 0.05) is 35.8 Å². The van der Waals surface area contributed by atoms with Gasteiger partial charge in [-0.15, -0.1) is 11.8 Å². The molecular formula is C28H30ClFN2O3S. The minimum absolute atomic E-state index is 0.0688. The van der Waals surface area contributed by atoms with E-state index in [1.54, 1.807) is 24.1 Å². The highest BCUT2D eigenvalue weighted by atomic mass is 35.5. The molecule has 0 saturated heterocycles. The van der Waals surface area contributed by atoms with E-state index in [1.807, 2.05) is 61.5 Å². The zero-order valence-corrected chi connectivity index (χ0v) is 21.9. The number of amides is 2. The van der Waals surface area contributed by atoms with E-state index in [2.05, 4.69) is 5.32 Å². The van der Waals surface area contributed by atoms with Crippen molar-refractivity contribution >= 4 is 35.2 Å². The maximum Gasteiger partial charge on any atom is 0.243 e. The number of ether oxygens (including phenoxy) is 1. The summed E-state index contributed by atoms with van der Waals surface area (Å²) in [5, 5.41) is 3.20. The van der Waals surface area contributed by atoms with Gasteiger partial charge in [-0.3, -0.25) is 9.59 Å². The molecule has 8 heteroatoms. The summed E-state index contributed by atoms with van der Waals surface area (Å²) in [5.41, 5.74) is 2.15. The van der Waals surface area contributed by atoms with E-state index in [9.17, 15) is 14.0 Å². The van der Waals surface area contributed by atoms with Gasteiger partial charge < -0.3 is 15.0 Å². The molecular weight excluding hydrogens is 499 g/mol. The fourth-order valence-electron chi connectivity index (χ4n) is 3.81. The lowest BCUT2D eigenvalue weighted by molar-refractivity contribution is -0.139. The van der Waals surface area contributed by atoms with Crippen LogP contribution in [0.4, 0.5) is 4.39 Å². The second-order valence-corrected chi connectivity index (χ2v) is 9.56. The van der Waals surface area contributed by atoms with Gasteiger partial charge in [0.25, 0.3) is 0 Å². The molecule has 5 nitrogen and oxygen atoms in total. The fraction of sp³-hybridized carbons (Fsp3) is 0.286. The predicted molar refractivity (Wildman–Crippen MR) is 144 cm³/mol. The van der Waals surface area contributed by atoms with Crippen LogP contribution in [0, 0.1) is 5.82 Å². The maximum atomic E-state index is 14.2. The van der Waals surface area contributed by atoms with E-state index in [1.165, 1.54) is 17.8 Å². The minimum atomic E-state index is -0.719. The molecule has 0 fully saturated rings. The first-order valence-corrected chi connectivity index (χ1v) is 13.2. The van der Waals surface area contributed by atoms with Crippen molar-refractivity contribution in [1.29, 1.82) is 0 Å². The normalized spacial score (nSPS) is 11.6. The molecule has 0 aliphatic rings. The third-order valence-corrected chi connectivity index (χ3v) is 6.94. The molecule has 0 unspecified atom stereocenters. The quantitative estimate of drug-likeness (QED) is 0.337. The van der Waals surface area contributed by atoms with Gasteiger partial charge in [0.2, 0.25) is 11.8 Å². The predicted octanol–water partition coefficient (Wildman–Crippen LogP) is 5.50. The van der Waals surface area contributed by atoms with Crippen LogP contribution in [0.3, 0.4) is 0 Å². The van der Waals surface area contributed by atoms with Crippen LogP contribution in [0.5, 0.6) is 5.75 Å². The van der Waals surface area contributed by atoms with Crippen LogP contribution in [0.25, 0.3) is 0 Å². The molecule has 3 rings (SSSR count). The zero-order valence-electron chi connectivity index (χ0n) is 20.4. The topological polar surface area (TPSA) is 58.6 Å². The zero-order chi connectivity index (χ0) is 25.9. The molecule has 3 aromatic rings. The van der Waals surface area contributed by atoms with Crippen molar-refractivity contribution in [2.45, 2.75) is 31.7 Å². The van der Waals surface area contributed by atoms with Crippen molar-refractivity contribution in [1.82, 2.24) is 10.2 Å². The molecule has 0 aromatic heterocycles. The first kappa shape index (κ1) is 27.6. The molecule has 0 spiro atoms. The summed E-state index contributed by atoms with van der Waals surface area (Å²) in [6, 6.07) is 20.8. The van der Waals surface area contributed by atoms with Crippen LogP contribution in [0.15, 0.2) is 72.8 Å². The number of thioether (sulfide) groups is 1. The highest BCUT2D eigenvalue weighted by Crippen LogP contribution is 2.25. The molecule has 0 aliphatic carbocycles. The summed E-state index contributed by atoms with van der Waals surface area (Å²) in [6.45, 7) is 2.53. The monoisotopic (exact) mass is 528 g/mol. The first-order valence-electron chi connectivity index (χ1n) is 11.7. The number of likely N-dealkylation sites (N-methyl/N-ethyl adjacent to an activating group) is 1. The Morgan fingerprint density at radius 1 is 1.06 bits per heavy atom. The standard InChI is InChI=1S/C28H30ClFN2O3S/c1-3-31-28(34)26(16-20-9-5-4-6-10-20)32(17-21-11-7-12-22(15-21)35-2)27(33)19-36-18-23-24(29)13-8-14-25(23)30/h4-15,26H,3,16-19H2,1-2H3,(H,31,34)/t26-/m0/s1. The molecule has 3 aromatic carbocycles. The number of halogens is 2. The Morgan fingerprint density at radius 2 is 1.78 bits per heavy atom. The van der Waals surface area contributed by atoms with Gasteiger partial charge in [-0.2, -0.15) is 0 Å². The number of benzene rings is 3. The number of carbonyl (C=O) groups excluding carboxylic acids is 2. The Hall–Kier alpha value is -3.03. The van der Waals surface area contributed by atoms with E-state index < -0.39 is 11.9 Å². The van der Waals surface area contributed by atoms with Crippen molar-refractivity contribution < 1.29 is 18.7 Å². The summed E-state index contributed by atoms with van der Waals surface area (Å²) in [6.07, 6.45) is 0.367. The third-order valence-electron chi connectivity index (χ3n) is 5.64. The van der Waals surface area contributed by atoms with Gasteiger partial charge in [-0.1, -0.05) is 60.1 Å². The van der Waals surface area contributed by atoms with E-state index in [0.717, 1.165) is 11.1 Å². The van der Waals surface area contributed by atoms with Gasteiger partial charge in [-0.05, 0) is 42.3 Å². The highest BCUT2D eigenvalue weighted by molar-refractivity contribution is 7.99. The molecule has 36 heavy (non-hydrogen) atoms. The Kier molecular flexibility index (Phi) is 10.6.